The summed E-state index contributed by atoms with van der Waals surface area (Å²) in [5.74, 6) is 0.562. The van der Waals surface area contributed by atoms with Crippen molar-refractivity contribution in [3.05, 3.63) is 125 Å². The number of methoxy groups -OCH3 is 1. The summed E-state index contributed by atoms with van der Waals surface area (Å²) in [5, 5.41) is 12.6. The van der Waals surface area contributed by atoms with Crippen LogP contribution in [0.1, 0.15) is 49.6 Å². The highest BCUT2D eigenvalue weighted by Gasteiger charge is 2.37. The first-order chi connectivity index (χ1) is 19.5. The summed E-state index contributed by atoms with van der Waals surface area (Å²) >= 11 is 6.24. The van der Waals surface area contributed by atoms with Crippen molar-refractivity contribution >= 4 is 29.1 Å². The number of hydrogen-bond donors (Lipinski definition) is 1. The van der Waals surface area contributed by atoms with Gasteiger partial charge in [0.1, 0.15) is 6.10 Å². The van der Waals surface area contributed by atoms with Crippen LogP contribution in [0.2, 0.25) is 0 Å². The van der Waals surface area contributed by atoms with Gasteiger partial charge in [0.25, 0.3) is 11.8 Å². The van der Waals surface area contributed by atoms with Gasteiger partial charge in [-0.25, -0.2) is 0 Å². The van der Waals surface area contributed by atoms with E-state index >= 15 is 0 Å². The number of nitrogens with one attached hydrogen (secondary N) is 1. The fourth-order valence-electron chi connectivity index (χ4n) is 4.67. The standard InChI is InChI=1S/C32H26ClN3O4/c1-39-29-17-23(13-16-28(29)40-30(18-33)22-7-3-2-4-8-22)27(35-24-14-11-21(19-34)12-15-24)20-36-31(37)25-9-5-6-10-26(25)32(36)38/h2-17,27,30,35H,18,20H2,1H3. The average molecular weight is 552 g/mol. The highest BCUT2D eigenvalue weighted by atomic mass is 35.5. The number of nitrogens with zero attached hydrogens (tertiary/aromatic N) is 2. The molecule has 2 amide bonds. The number of fused-ring (bicyclic) bond motifs is 1. The lowest BCUT2D eigenvalue weighted by Crippen LogP contribution is -2.36. The summed E-state index contributed by atoms with van der Waals surface area (Å²) in [6.45, 7) is 0.0734. The van der Waals surface area contributed by atoms with E-state index in [1.165, 1.54) is 4.90 Å². The fourth-order valence-corrected chi connectivity index (χ4v) is 4.91. The molecule has 0 radical (unpaired) electrons. The van der Waals surface area contributed by atoms with Crippen LogP contribution < -0.4 is 14.8 Å². The third-order valence-electron chi connectivity index (χ3n) is 6.77. The summed E-state index contributed by atoms with van der Waals surface area (Å²) in [4.78, 5) is 27.6. The molecule has 200 valence electrons. The molecule has 7 nitrogen and oxygen atoms in total. The van der Waals surface area contributed by atoms with Crippen LogP contribution in [0.15, 0.2) is 97.1 Å². The van der Waals surface area contributed by atoms with Gasteiger partial charge in [-0.05, 0) is 59.7 Å². The van der Waals surface area contributed by atoms with Crippen molar-refractivity contribution in [2.75, 3.05) is 24.9 Å². The SMILES string of the molecule is COc1cc(C(CN2C(=O)c3ccccc3C2=O)Nc2ccc(C#N)cc2)ccc1OC(CCl)c1ccccc1. The Balaban J connectivity index is 1.46. The second kappa shape index (κ2) is 11.9. The molecule has 40 heavy (non-hydrogen) atoms. The third kappa shape index (κ3) is 5.49. The molecule has 1 heterocycles. The van der Waals surface area contributed by atoms with Gasteiger partial charge in [0.2, 0.25) is 0 Å². The van der Waals surface area contributed by atoms with Crippen molar-refractivity contribution in [3.8, 4) is 17.6 Å². The molecule has 4 aromatic carbocycles. The van der Waals surface area contributed by atoms with Gasteiger partial charge < -0.3 is 14.8 Å². The van der Waals surface area contributed by atoms with Crippen LogP contribution in [0.4, 0.5) is 5.69 Å². The van der Waals surface area contributed by atoms with Crippen LogP contribution in [0.25, 0.3) is 0 Å². The molecule has 0 saturated carbocycles. The van der Waals surface area contributed by atoms with Crippen LogP contribution in [-0.4, -0.2) is 36.2 Å². The van der Waals surface area contributed by atoms with Crippen LogP contribution in [0.5, 0.6) is 11.5 Å². The van der Waals surface area contributed by atoms with Gasteiger partial charge >= 0.3 is 0 Å². The molecule has 2 atom stereocenters. The Hall–Kier alpha value is -4.80. The number of carbonyl (C=O) groups excluding carboxylic acids is 2. The number of nitriles is 1. The van der Waals surface area contributed by atoms with Crippen LogP contribution in [0, 0.1) is 11.3 Å². The quantitative estimate of drug-likeness (QED) is 0.182. The predicted molar refractivity (Wildman–Crippen MR) is 153 cm³/mol. The Morgan fingerprint density at radius 3 is 2.10 bits per heavy atom. The molecule has 2 unspecified atom stereocenters. The first-order valence-electron chi connectivity index (χ1n) is 12.7. The van der Waals surface area contributed by atoms with Crippen LogP contribution in [-0.2, 0) is 0 Å². The van der Waals surface area contributed by atoms with E-state index in [9.17, 15) is 14.9 Å². The average Bonchev–Trinajstić information content (AvgIpc) is 3.25. The van der Waals surface area contributed by atoms with Crippen molar-refractivity contribution in [2.45, 2.75) is 12.1 Å². The lowest BCUT2D eigenvalue weighted by Gasteiger charge is -2.26. The van der Waals surface area contributed by atoms with E-state index in [0.717, 1.165) is 16.8 Å². The summed E-state index contributed by atoms with van der Waals surface area (Å²) in [6.07, 6.45) is -0.381. The minimum Gasteiger partial charge on any atom is -0.493 e. The number of rotatable bonds is 10. The van der Waals surface area contributed by atoms with E-state index in [1.54, 1.807) is 61.7 Å². The lowest BCUT2D eigenvalue weighted by atomic mass is 10.0. The zero-order valence-electron chi connectivity index (χ0n) is 21.7. The maximum absolute atomic E-state index is 13.2. The van der Waals surface area contributed by atoms with Crippen molar-refractivity contribution in [3.63, 3.8) is 0 Å². The minimum absolute atomic E-state index is 0.0734. The molecule has 1 aliphatic heterocycles. The van der Waals surface area contributed by atoms with Gasteiger partial charge in [-0.1, -0.05) is 48.5 Å². The summed E-state index contributed by atoms with van der Waals surface area (Å²) in [5.41, 5.74) is 3.74. The van der Waals surface area contributed by atoms with Gasteiger partial charge in [-0.3, -0.25) is 14.5 Å². The molecule has 0 saturated heterocycles. The molecule has 1 N–H and O–H groups in total. The maximum atomic E-state index is 13.2. The normalized spacial score (nSPS) is 13.8. The number of benzene rings is 4. The smallest absolute Gasteiger partial charge is 0.261 e. The Morgan fingerprint density at radius 1 is 0.850 bits per heavy atom. The molecule has 1 aliphatic rings. The predicted octanol–water partition coefficient (Wildman–Crippen LogP) is 6.38. The maximum Gasteiger partial charge on any atom is 0.261 e. The molecule has 0 aromatic heterocycles. The zero-order valence-corrected chi connectivity index (χ0v) is 22.5. The van der Waals surface area contributed by atoms with Crippen molar-refractivity contribution in [1.82, 2.24) is 4.90 Å². The molecule has 0 bridgehead atoms. The van der Waals surface area contributed by atoms with Crippen molar-refractivity contribution < 1.29 is 19.1 Å². The number of anilines is 1. The molecule has 4 aromatic rings. The number of ether oxygens (including phenoxy) is 2. The van der Waals surface area contributed by atoms with Crippen molar-refractivity contribution in [1.29, 1.82) is 5.26 Å². The van der Waals surface area contributed by atoms with Crippen molar-refractivity contribution in [2.24, 2.45) is 0 Å². The van der Waals surface area contributed by atoms with E-state index in [2.05, 4.69) is 11.4 Å². The Labute approximate surface area is 237 Å². The summed E-state index contributed by atoms with van der Waals surface area (Å²) in [7, 11) is 1.55. The van der Waals surface area contributed by atoms with Gasteiger partial charge in [-0.2, -0.15) is 5.26 Å². The number of amides is 2. The van der Waals surface area contributed by atoms with E-state index in [4.69, 9.17) is 21.1 Å². The Kier molecular flexibility index (Phi) is 7.99. The van der Waals surface area contributed by atoms with Crippen LogP contribution >= 0.6 is 11.6 Å². The first-order valence-corrected chi connectivity index (χ1v) is 13.2. The molecule has 0 spiro atoms. The second-order valence-electron chi connectivity index (χ2n) is 9.23. The topological polar surface area (TPSA) is 91.7 Å². The first kappa shape index (κ1) is 26.8. The number of alkyl halides is 1. The lowest BCUT2D eigenvalue weighted by molar-refractivity contribution is 0.0647. The number of hydrogen-bond acceptors (Lipinski definition) is 6. The van der Waals surface area contributed by atoms with Gasteiger partial charge in [0.15, 0.2) is 11.5 Å². The molecule has 5 rings (SSSR count). The summed E-state index contributed by atoms with van der Waals surface area (Å²) in [6, 6.07) is 30.6. The summed E-state index contributed by atoms with van der Waals surface area (Å²) < 4.78 is 11.9. The van der Waals surface area contributed by atoms with Crippen LogP contribution in [0.3, 0.4) is 0 Å². The molecular formula is C32H26ClN3O4. The van der Waals surface area contributed by atoms with Gasteiger partial charge in [-0.15, -0.1) is 11.6 Å². The Bertz CT molecular complexity index is 1530. The molecule has 0 fully saturated rings. The minimum atomic E-state index is -0.490. The highest BCUT2D eigenvalue weighted by molar-refractivity contribution is 6.21. The number of imide groups is 1. The fraction of sp³-hybridized carbons (Fsp3) is 0.156. The zero-order chi connectivity index (χ0) is 28.1. The number of carbonyl (C=O) groups is 2. The van der Waals surface area contributed by atoms with E-state index < -0.39 is 6.04 Å². The second-order valence-corrected chi connectivity index (χ2v) is 9.54. The molecular weight excluding hydrogens is 526 g/mol. The number of halogens is 1. The largest absolute Gasteiger partial charge is 0.493 e. The van der Waals surface area contributed by atoms with E-state index in [0.29, 0.717) is 28.2 Å². The van der Waals surface area contributed by atoms with Gasteiger partial charge in [0, 0.05) is 5.69 Å². The molecule has 8 heteroatoms. The van der Waals surface area contributed by atoms with Gasteiger partial charge in [0.05, 0.1) is 48.3 Å². The molecule has 0 aliphatic carbocycles. The monoisotopic (exact) mass is 551 g/mol. The van der Waals surface area contributed by atoms with E-state index in [1.807, 2.05) is 42.5 Å². The third-order valence-corrected chi connectivity index (χ3v) is 7.05. The Morgan fingerprint density at radius 2 is 1.50 bits per heavy atom. The highest BCUT2D eigenvalue weighted by Crippen LogP contribution is 2.36. The van der Waals surface area contributed by atoms with E-state index in [-0.39, 0.29) is 30.3 Å².